The van der Waals surface area contributed by atoms with Gasteiger partial charge in [0, 0.05) is 106 Å². The highest BCUT2D eigenvalue weighted by molar-refractivity contribution is 7.48. The summed E-state index contributed by atoms with van der Waals surface area (Å²) in [5.41, 5.74) is -1.51. The molecular weight excluding hydrogens is 1620 g/mol. The van der Waals surface area contributed by atoms with Gasteiger partial charge in [-0.25, -0.2) is 18.3 Å². The number of hydrogen-bond donors (Lipinski definition) is 17. The van der Waals surface area contributed by atoms with Crippen molar-refractivity contribution in [2.45, 2.75) is 222 Å². The molecule has 680 valence electrons. The summed E-state index contributed by atoms with van der Waals surface area (Å²) in [6.45, 7) is -0.462. The summed E-state index contributed by atoms with van der Waals surface area (Å²) >= 11 is 0. The molecule has 17 N–H and O–H groups in total. The van der Waals surface area contributed by atoms with Crippen molar-refractivity contribution in [1.29, 1.82) is 0 Å². The summed E-state index contributed by atoms with van der Waals surface area (Å²) in [4.78, 5) is 77.8. The van der Waals surface area contributed by atoms with Gasteiger partial charge >= 0.3 is 31.3 Å². The van der Waals surface area contributed by atoms with Crippen LogP contribution in [0.2, 0.25) is 0 Å². The minimum atomic E-state index is -4.90. The number of carbonyl (C=O) groups excluding carboxylic acids is 3. The molecule has 2 aliphatic heterocycles. The van der Waals surface area contributed by atoms with Crippen molar-refractivity contribution >= 4 is 49.0 Å². The second-order valence-electron chi connectivity index (χ2n) is 28.2. The molecule has 0 radical (unpaired) electrons. The maximum absolute atomic E-state index is 13.5. The van der Waals surface area contributed by atoms with E-state index in [0.29, 0.717) is 96.7 Å². The Morgan fingerprint density at radius 1 is 0.374 bits per heavy atom. The first-order chi connectivity index (χ1) is 54.8. The number of aliphatic hydroxyl groups excluding tert-OH is 10. The van der Waals surface area contributed by atoms with Gasteiger partial charge in [0.05, 0.1) is 129 Å². The van der Waals surface area contributed by atoms with Crippen LogP contribution >= 0.6 is 31.3 Å². The smallest absolute Gasteiger partial charge is 0.396 e. The monoisotopic (exact) mass is 1760 g/mol. The van der Waals surface area contributed by atoms with Crippen LogP contribution in [0.5, 0.6) is 0 Å². The van der Waals surface area contributed by atoms with E-state index in [4.69, 9.17) is 88.3 Å². The van der Waals surface area contributed by atoms with E-state index in [1.165, 1.54) is 20.8 Å². The van der Waals surface area contributed by atoms with E-state index in [1.54, 1.807) is 7.11 Å². The molecule has 20 atom stereocenters. The average Bonchev–Trinajstić information content (AvgIpc) is 0.816. The van der Waals surface area contributed by atoms with Crippen LogP contribution in [0, 0.1) is 17.3 Å². The number of amides is 3. The van der Waals surface area contributed by atoms with Gasteiger partial charge < -0.3 is 139 Å². The minimum Gasteiger partial charge on any atom is -0.396 e. The number of rotatable bonds is 71. The van der Waals surface area contributed by atoms with E-state index in [1.807, 2.05) is 0 Å². The fourth-order valence-electron chi connectivity index (χ4n) is 11.9. The first kappa shape index (κ1) is 107. The Hall–Kier alpha value is -1.99. The SMILES string of the molecule is COCCCOCC(CO)COCCCOP(=O)(O)OCC(COCCCOP(=O)(O)OCCCCCCOC1CC(CO)C(O)C(O)C1NC(C)=O)(COCCCOP(=O)(O)OCCCCCCOC1OC(CO)C(O)C(O)C1NC(C)=O)COCCCOP(=O)(O)OCCCCCCOC1OC(CO)C(O)C(O)C1NC(C)=O. The molecule has 3 rings (SSSR count). The Bertz CT molecular complexity index is 2540. The maximum Gasteiger partial charge on any atom is 0.472 e. The Kier molecular flexibility index (Phi) is 56.4. The van der Waals surface area contributed by atoms with Crippen LogP contribution in [0.4, 0.5) is 0 Å². The quantitative estimate of drug-likeness (QED) is 0.0282. The number of hydrogen-bond acceptors (Lipinski definition) is 36. The molecule has 43 nitrogen and oxygen atoms in total. The highest BCUT2D eigenvalue weighted by Crippen LogP contribution is 2.47. The van der Waals surface area contributed by atoms with Crippen molar-refractivity contribution in [2.24, 2.45) is 17.3 Å². The topological polar surface area (TPSA) is 614 Å². The number of ether oxygens (including phenoxy) is 11. The largest absolute Gasteiger partial charge is 0.472 e. The van der Waals surface area contributed by atoms with Crippen molar-refractivity contribution in [2.75, 3.05) is 179 Å². The number of unbranched alkanes of at least 4 members (excludes halogenated alkanes) is 9. The van der Waals surface area contributed by atoms with E-state index in [-0.39, 0.29) is 177 Å². The van der Waals surface area contributed by atoms with E-state index >= 15 is 0 Å². The number of phosphoric ester groups is 4. The summed E-state index contributed by atoms with van der Waals surface area (Å²) in [5, 5.41) is 109. The Morgan fingerprint density at radius 2 is 0.687 bits per heavy atom. The standard InChI is InChI=1S/C68H133N3O40P4/c1-49(76)69-57-54(38-53(40-73)60(79)63(57)82)99-28-11-5-8-14-31-102-112(85,86)105-35-19-25-96-45-68(48-109-115(91,92)108-34-18-24-95-44-52(39-72)43-94-23-17-22-93-4,46-97-26-20-36-106-113(87,88)103-32-15-9-6-12-29-100-66-58(70-50(2)77)64(83)61(80)55(41-74)110-66)47-98-27-21-37-107-114(89,90)104-33-16-10-7-13-30-101-67-59(71-51(3)78)65(84)62(81)56(42-75)111-67/h52-67,72-75,79-84H,5-48H2,1-4H3,(H,69,76)(H,70,77)(H,71,78)(H,85,86)(H,87,88)(H,89,90)(H,91,92). The molecule has 115 heavy (non-hydrogen) atoms. The number of methoxy groups -OCH3 is 1. The van der Waals surface area contributed by atoms with Gasteiger partial charge in [0.25, 0.3) is 0 Å². The third-order valence-electron chi connectivity index (χ3n) is 18.1. The summed E-state index contributed by atoms with van der Waals surface area (Å²) in [6.07, 6.45) is -7.10. The Morgan fingerprint density at radius 3 is 1.03 bits per heavy atom. The fraction of sp³-hybridized carbons (Fsp3) is 0.956. The Labute approximate surface area is 672 Å². The van der Waals surface area contributed by atoms with Gasteiger partial charge in [-0.15, -0.1) is 0 Å². The molecule has 0 bridgehead atoms. The molecular formula is C68H133N3O40P4. The molecule has 2 saturated heterocycles. The lowest BCUT2D eigenvalue weighted by atomic mass is 9.79. The third-order valence-corrected chi connectivity index (χ3v) is 22.1. The number of nitrogens with one attached hydrogen (secondary N) is 3. The second-order valence-corrected chi connectivity index (χ2v) is 34.1. The first-order valence-corrected chi connectivity index (χ1v) is 45.1. The lowest BCUT2D eigenvalue weighted by molar-refractivity contribution is -0.270. The van der Waals surface area contributed by atoms with Gasteiger partial charge in [0.15, 0.2) is 12.6 Å². The molecule has 47 heteroatoms. The maximum atomic E-state index is 13.5. The van der Waals surface area contributed by atoms with Crippen LogP contribution < -0.4 is 16.0 Å². The average molecular weight is 1760 g/mol. The fourth-order valence-corrected chi connectivity index (χ4v) is 15.2. The third kappa shape index (κ3) is 46.4. The van der Waals surface area contributed by atoms with Gasteiger partial charge in [0.1, 0.15) is 54.8 Å². The first-order valence-electron chi connectivity index (χ1n) is 39.1. The Balaban J connectivity index is 1.63. The van der Waals surface area contributed by atoms with Crippen LogP contribution in [-0.4, -0.2) is 353 Å². The second kappa shape index (κ2) is 60.5. The van der Waals surface area contributed by atoms with E-state index in [9.17, 15) is 103 Å². The molecule has 3 aliphatic rings. The number of carbonyl (C=O) groups is 3. The molecule has 2 heterocycles. The predicted octanol–water partition coefficient (Wildman–Crippen LogP) is 0.0213. The highest BCUT2D eigenvalue weighted by atomic mass is 31.2. The minimum absolute atomic E-state index is 0.00283. The predicted molar refractivity (Wildman–Crippen MR) is 402 cm³/mol. The number of aliphatic hydroxyl groups is 10. The van der Waals surface area contributed by atoms with Crippen LogP contribution in [0.15, 0.2) is 0 Å². The molecule has 20 unspecified atom stereocenters. The van der Waals surface area contributed by atoms with Crippen LogP contribution in [0.3, 0.4) is 0 Å². The normalized spacial score (nSPS) is 26.9. The van der Waals surface area contributed by atoms with Crippen molar-refractivity contribution in [3.8, 4) is 0 Å². The molecule has 0 aromatic carbocycles. The van der Waals surface area contributed by atoms with Crippen molar-refractivity contribution in [1.82, 2.24) is 16.0 Å². The van der Waals surface area contributed by atoms with Gasteiger partial charge in [-0.1, -0.05) is 38.5 Å². The van der Waals surface area contributed by atoms with Gasteiger partial charge in [-0.05, 0) is 77.0 Å². The van der Waals surface area contributed by atoms with Crippen LogP contribution in [0.25, 0.3) is 0 Å². The molecule has 1 saturated carbocycles. The molecule has 3 amide bonds. The van der Waals surface area contributed by atoms with Crippen molar-refractivity contribution in [3.63, 3.8) is 0 Å². The van der Waals surface area contributed by atoms with E-state index in [0.717, 1.165) is 0 Å². The summed E-state index contributed by atoms with van der Waals surface area (Å²) in [6, 6.07) is -3.10. The lowest BCUT2D eigenvalue weighted by Gasteiger charge is -2.42. The summed E-state index contributed by atoms with van der Waals surface area (Å²) < 4.78 is 157. The van der Waals surface area contributed by atoms with Gasteiger partial charge in [-0.2, -0.15) is 0 Å². The van der Waals surface area contributed by atoms with Gasteiger partial charge in [-0.3, -0.25) is 50.6 Å². The molecule has 0 aromatic heterocycles. The van der Waals surface area contributed by atoms with Crippen LogP contribution in [0.1, 0.15) is 136 Å². The highest BCUT2D eigenvalue weighted by Gasteiger charge is 2.48. The molecule has 0 spiro atoms. The zero-order valence-corrected chi connectivity index (χ0v) is 70.1. The van der Waals surface area contributed by atoms with E-state index in [2.05, 4.69) is 16.0 Å². The summed E-state index contributed by atoms with van der Waals surface area (Å²) in [7, 11) is -17.1. The van der Waals surface area contributed by atoms with Crippen molar-refractivity contribution < 1.29 is 192 Å². The molecule has 3 fully saturated rings. The van der Waals surface area contributed by atoms with Crippen molar-refractivity contribution in [3.05, 3.63) is 0 Å². The lowest BCUT2D eigenvalue weighted by Crippen LogP contribution is -2.64. The zero-order valence-electron chi connectivity index (χ0n) is 66.5. The van der Waals surface area contributed by atoms with E-state index < -0.39 is 166 Å². The number of phosphoric acid groups is 4. The molecule has 1 aliphatic carbocycles. The van der Waals surface area contributed by atoms with Gasteiger partial charge in [0.2, 0.25) is 17.7 Å². The zero-order chi connectivity index (χ0) is 85.1. The van der Waals surface area contributed by atoms with Crippen LogP contribution in [-0.2, 0) is 121 Å². The summed E-state index contributed by atoms with van der Waals surface area (Å²) in [5.74, 6) is -2.43. The molecule has 0 aromatic rings.